The number of aryl methyl sites for hydroxylation is 2. The van der Waals surface area contributed by atoms with Crippen LogP contribution >= 0.6 is 7.60 Å². The largest absolute Gasteiger partial charge is 0.870 e. The van der Waals surface area contributed by atoms with Crippen molar-refractivity contribution in [3.05, 3.63) is 35.0 Å². The van der Waals surface area contributed by atoms with Gasteiger partial charge in [-0.1, -0.05) is 0 Å². The van der Waals surface area contributed by atoms with Crippen LogP contribution in [0.5, 0.6) is 0 Å². The van der Waals surface area contributed by atoms with Crippen LogP contribution in [-0.4, -0.2) is 29.5 Å². The summed E-state index contributed by atoms with van der Waals surface area (Å²) in [5.74, 6) is 0. The molecule has 0 aromatic heterocycles. The van der Waals surface area contributed by atoms with Crippen LogP contribution in [0.3, 0.4) is 0 Å². The zero-order chi connectivity index (χ0) is 13.5. The van der Waals surface area contributed by atoms with E-state index in [4.69, 9.17) is 4.52 Å². The monoisotopic (exact) mass is 286 g/mol. The van der Waals surface area contributed by atoms with Crippen LogP contribution in [0, 0.1) is 13.8 Å². The van der Waals surface area contributed by atoms with Gasteiger partial charge in [0.05, 0.1) is 24.1 Å². The molecule has 1 aromatic rings. The Morgan fingerprint density at radius 2 is 1.89 bits per heavy atom. The summed E-state index contributed by atoms with van der Waals surface area (Å²) in [5, 5.41) is 2.11. The van der Waals surface area contributed by atoms with E-state index < -0.39 is 7.60 Å². The summed E-state index contributed by atoms with van der Waals surface area (Å²) in [4.78, 5) is 9.90. The lowest BCUT2D eigenvalue weighted by Gasteiger charge is -2.25. The Kier molecular flexibility index (Phi) is 4.55. The normalized spacial score (nSPS) is 17.1. The van der Waals surface area contributed by atoms with E-state index in [2.05, 4.69) is 0 Å². The fourth-order valence-corrected chi connectivity index (χ4v) is 3.03. The van der Waals surface area contributed by atoms with Crippen molar-refractivity contribution in [2.24, 2.45) is 0 Å². The number of hydrogen-bond donors (Lipinski definition) is 2. The second-order valence-electron chi connectivity index (χ2n) is 4.54. The average Bonchev–Trinajstić information content (AvgIpc) is 2.30. The molecule has 1 unspecified atom stereocenters. The molecule has 2 rings (SSSR count). The summed E-state index contributed by atoms with van der Waals surface area (Å²) in [7, 11) is -0.676. The number of benzene rings is 1. The third-order valence-corrected chi connectivity index (χ3v) is 4.62. The predicted octanol–water partition coefficient (Wildman–Crippen LogP) is 1.31. The smallest absolute Gasteiger partial charge is 0.361 e. The van der Waals surface area contributed by atoms with E-state index in [0.717, 1.165) is 22.4 Å². The Morgan fingerprint density at radius 1 is 1.32 bits per heavy atom. The van der Waals surface area contributed by atoms with Crippen LogP contribution in [0.2, 0.25) is 0 Å². The summed E-state index contributed by atoms with van der Waals surface area (Å²) in [6.07, 6.45) is 1.64. The predicted molar refractivity (Wildman–Crippen MR) is 72.0 cm³/mol. The molecule has 1 heterocycles. The van der Waals surface area contributed by atoms with Crippen LogP contribution < -0.4 is 5.43 Å². The highest BCUT2D eigenvalue weighted by atomic mass is 31.2. The van der Waals surface area contributed by atoms with Crippen LogP contribution in [-0.2, 0) is 9.09 Å². The van der Waals surface area contributed by atoms with Crippen LogP contribution in [0.1, 0.15) is 16.7 Å². The highest BCUT2D eigenvalue weighted by molar-refractivity contribution is 7.64. The van der Waals surface area contributed by atoms with Gasteiger partial charge in [0, 0.05) is 13.2 Å². The van der Waals surface area contributed by atoms with E-state index in [-0.39, 0.29) is 5.48 Å². The molecule has 0 spiro atoms. The Hall–Kier alpha value is -1.17. The molecule has 4 N–H and O–H groups in total. The summed E-state index contributed by atoms with van der Waals surface area (Å²) in [6, 6.07) is 3.95. The van der Waals surface area contributed by atoms with Gasteiger partial charge in [0.2, 0.25) is 0 Å². The summed E-state index contributed by atoms with van der Waals surface area (Å²) in [6.45, 7) is 4.01. The summed E-state index contributed by atoms with van der Waals surface area (Å²) in [5.41, 5.74) is 5.88. The molecule has 1 aliphatic rings. The average molecular weight is 286 g/mol. The van der Waals surface area contributed by atoms with Crippen molar-refractivity contribution in [2.75, 3.05) is 14.2 Å². The lowest BCUT2D eigenvalue weighted by Crippen LogP contribution is -2.87. The minimum absolute atomic E-state index is 0. The maximum absolute atomic E-state index is 12.1. The van der Waals surface area contributed by atoms with Gasteiger partial charge in [0.1, 0.15) is 0 Å². The first-order chi connectivity index (χ1) is 8.35. The molecule has 0 radical (unpaired) electrons. The van der Waals surface area contributed by atoms with Crippen molar-refractivity contribution in [2.45, 2.75) is 13.8 Å². The minimum atomic E-state index is -3.75. The van der Waals surface area contributed by atoms with Crippen molar-refractivity contribution >= 4 is 18.6 Å². The third kappa shape index (κ3) is 2.88. The molecular formula is C12H19N2O4P. The zero-order valence-corrected chi connectivity index (χ0v) is 12.3. The molecule has 7 heteroatoms. The molecular weight excluding hydrogens is 267 g/mol. The molecule has 19 heavy (non-hydrogen) atoms. The van der Waals surface area contributed by atoms with Gasteiger partial charge in [0.15, 0.2) is 5.69 Å². The van der Waals surface area contributed by atoms with E-state index in [1.54, 1.807) is 11.2 Å². The number of hydrogen-bond acceptors (Lipinski definition) is 4. The summed E-state index contributed by atoms with van der Waals surface area (Å²) < 4.78 is 16.8. The summed E-state index contributed by atoms with van der Waals surface area (Å²) >= 11 is 0. The van der Waals surface area contributed by atoms with Gasteiger partial charge in [-0.2, -0.15) is 0 Å². The lowest BCUT2D eigenvalue weighted by molar-refractivity contribution is -0.719. The van der Waals surface area contributed by atoms with Gasteiger partial charge in [-0.15, -0.1) is 0 Å². The molecule has 0 aliphatic carbocycles. The first kappa shape index (κ1) is 15.9. The number of nitrogens with zero attached hydrogens (tertiary/aromatic N) is 1. The number of quaternary nitrogens is 1. The zero-order valence-electron chi connectivity index (χ0n) is 11.4. The van der Waals surface area contributed by atoms with Gasteiger partial charge >= 0.3 is 7.60 Å². The van der Waals surface area contributed by atoms with E-state index in [1.165, 1.54) is 7.11 Å². The van der Waals surface area contributed by atoms with Crippen LogP contribution in [0.15, 0.2) is 18.3 Å². The highest BCUT2D eigenvalue weighted by Gasteiger charge is 2.33. The van der Waals surface area contributed by atoms with E-state index in [0.29, 0.717) is 5.31 Å². The second kappa shape index (κ2) is 5.45. The fraction of sp³-hybridized carbons (Fsp3) is 0.333. The van der Waals surface area contributed by atoms with E-state index in [9.17, 15) is 9.46 Å². The SMILES string of the molecule is COP(=O)(O)C1=CN(C)[NH2+]c2cc(C)c(C)cc21.[OH-]. The number of rotatable bonds is 2. The molecule has 6 nitrogen and oxygen atoms in total. The Labute approximate surface area is 112 Å². The van der Waals surface area contributed by atoms with Crippen LogP contribution in [0.25, 0.3) is 5.31 Å². The second-order valence-corrected chi connectivity index (χ2v) is 6.42. The molecule has 1 atom stereocenters. The molecule has 0 fully saturated rings. The Bertz CT molecular complexity index is 571. The quantitative estimate of drug-likeness (QED) is 0.485. The number of nitrogens with two attached hydrogens (primary N) is 1. The first-order valence-electron chi connectivity index (χ1n) is 5.64. The van der Waals surface area contributed by atoms with Gasteiger partial charge in [-0.25, -0.2) is 10.4 Å². The standard InChI is InChI=1S/C12H17N2O3P.H2O/c1-8-5-10-11(6-9(8)2)13-14(3)7-12(10)18(15,16)17-4;/h5-7,13H,1-4H3,(H,15,16);1H2. The van der Waals surface area contributed by atoms with Gasteiger partial charge < -0.3 is 14.9 Å². The van der Waals surface area contributed by atoms with Gasteiger partial charge in [-0.3, -0.25) is 4.57 Å². The highest BCUT2D eigenvalue weighted by Crippen LogP contribution is 2.56. The van der Waals surface area contributed by atoms with Crippen molar-refractivity contribution in [3.8, 4) is 0 Å². The van der Waals surface area contributed by atoms with E-state index in [1.807, 2.05) is 38.5 Å². The van der Waals surface area contributed by atoms with Crippen molar-refractivity contribution in [3.63, 3.8) is 0 Å². The van der Waals surface area contributed by atoms with Gasteiger partial charge in [-0.05, 0) is 31.0 Å². The molecule has 0 saturated carbocycles. The minimum Gasteiger partial charge on any atom is -0.870 e. The van der Waals surface area contributed by atoms with Crippen molar-refractivity contribution < 1.29 is 24.9 Å². The molecule has 0 amide bonds. The lowest BCUT2D eigenvalue weighted by atomic mass is 10.0. The molecule has 0 bridgehead atoms. The molecule has 1 aliphatic heterocycles. The topological polar surface area (TPSA) is 96.4 Å². The Balaban J connectivity index is 0.00000180. The van der Waals surface area contributed by atoms with Crippen molar-refractivity contribution in [1.82, 2.24) is 5.01 Å². The third-order valence-electron chi connectivity index (χ3n) is 3.16. The molecule has 0 saturated heterocycles. The van der Waals surface area contributed by atoms with Crippen LogP contribution in [0.4, 0.5) is 5.69 Å². The number of fused-ring (bicyclic) bond motifs is 1. The maximum atomic E-state index is 12.1. The fourth-order valence-electron chi connectivity index (χ4n) is 2.01. The molecule has 1 aromatic carbocycles. The van der Waals surface area contributed by atoms with E-state index >= 15 is 0 Å². The first-order valence-corrected chi connectivity index (χ1v) is 7.22. The molecule has 106 valence electrons. The maximum Gasteiger partial charge on any atom is 0.361 e. The van der Waals surface area contributed by atoms with Gasteiger partial charge in [0.25, 0.3) is 0 Å². The van der Waals surface area contributed by atoms with Crippen molar-refractivity contribution in [1.29, 1.82) is 0 Å². The Morgan fingerprint density at radius 3 is 2.47 bits per heavy atom.